The van der Waals surface area contributed by atoms with E-state index in [4.69, 9.17) is 9.47 Å². The quantitative estimate of drug-likeness (QED) is 0.254. The van der Waals surface area contributed by atoms with Gasteiger partial charge in [-0.3, -0.25) is 0 Å². The molecule has 0 bridgehead atoms. The van der Waals surface area contributed by atoms with Crippen molar-refractivity contribution in [3.63, 3.8) is 0 Å². The van der Waals surface area contributed by atoms with Crippen LogP contribution in [0.4, 0.5) is 0 Å². The average Bonchev–Trinajstić information content (AvgIpc) is 2.92. The molecule has 4 rings (SSSR count). The van der Waals surface area contributed by atoms with E-state index in [2.05, 4.69) is 18.2 Å². The first-order chi connectivity index (χ1) is 17.5. The molecule has 0 heterocycles. The van der Waals surface area contributed by atoms with Crippen molar-refractivity contribution in [3.05, 3.63) is 91.0 Å². The van der Waals surface area contributed by atoms with Crippen LogP contribution in [0.25, 0.3) is 33.4 Å². The summed E-state index contributed by atoms with van der Waals surface area (Å²) in [6.07, 6.45) is 0.774. The van der Waals surface area contributed by atoms with E-state index in [1.165, 1.54) is 0 Å². The molecule has 5 nitrogen and oxygen atoms in total. The Morgan fingerprint density at radius 3 is 1.42 bits per heavy atom. The highest BCUT2D eigenvalue weighted by atomic mass is 16.6. The van der Waals surface area contributed by atoms with Crippen molar-refractivity contribution >= 4 is 5.97 Å². The normalized spacial score (nSPS) is 10.2. The molecule has 0 aliphatic carbocycles. The van der Waals surface area contributed by atoms with Crippen LogP contribution in [-0.2, 0) is 9.53 Å². The van der Waals surface area contributed by atoms with E-state index in [0.717, 1.165) is 39.8 Å². The van der Waals surface area contributed by atoms with Crippen LogP contribution in [0.1, 0.15) is 27.2 Å². The number of hydrogen-bond donors (Lipinski definition) is 2. The van der Waals surface area contributed by atoms with E-state index in [1.54, 1.807) is 24.3 Å². The Morgan fingerprint density at radius 2 is 1.03 bits per heavy atom. The van der Waals surface area contributed by atoms with Gasteiger partial charge in [0.1, 0.15) is 17.2 Å². The van der Waals surface area contributed by atoms with E-state index in [0.29, 0.717) is 12.4 Å². The second-order valence-electron chi connectivity index (χ2n) is 7.93. The summed E-state index contributed by atoms with van der Waals surface area (Å²) in [6, 6.07) is 28.0. The smallest absolute Gasteiger partial charge is 0.344 e. The van der Waals surface area contributed by atoms with Crippen LogP contribution in [0.3, 0.4) is 0 Å². The first-order valence-corrected chi connectivity index (χ1v) is 12.1. The zero-order valence-electron chi connectivity index (χ0n) is 20.9. The number of phenolic OH excluding ortho intramolecular Hbond substituents is 2. The molecule has 0 radical (unpaired) electrons. The van der Waals surface area contributed by atoms with Crippen LogP contribution >= 0.6 is 0 Å². The molecule has 0 fully saturated rings. The fourth-order valence-corrected chi connectivity index (χ4v) is 3.58. The molecule has 0 spiro atoms. The third kappa shape index (κ3) is 7.12. The minimum Gasteiger partial charge on any atom is -0.508 e. The van der Waals surface area contributed by atoms with Crippen molar-refractivity contribution in [1.82, 2.24) is 0 Å². The fourth-order valence-electron chi connectivity index (χ4n) is 3.58. The largest absolute Gasteiger partial charge is 0.508 e. The monoisotopic (exact) mass is 484 g/mol. The van der Waals surface area contributed by atoms with Gasteiger partial charge in [-0.05, 0) is 94.4 Å². The third-order valence-corrected chi connectivity index (χ3v) is 5.35. The SMILES string of the molecule is CC.CCCOC(=O)COc1ccc(-c2cc(-c3ccc(O)cc3)cc(-c3ccc(O)cc3)c2)cc1. The number of phenols is 2. The molecule has 2 N–H and O–H groups in total. The molecule has 0 aliphatic rings. The lowest BCUT2D eigenvalue weighted by molar-refractivity contribution is -0.146. The Balaban J connectivity index is 0.00000176. The van der Waals surface area contributed by atoms with Crippen LogP contribution < -0.4 is 4.74 Å². The van der Waals surface area contributed by atoms with Crippen molar-refractivity contribution in [1.29, 1.82) is 0 Å². The van der Waals surface area contributed by atoms with Gasteiger partial charge in [-0.1, -0.05) is 57.2 Å². The lowest BCUT2D eigenvalue weighted by Crippen LogP contribution is -2.15. The lowest BCUT2D eigenvalue weighted by Gasteiger charge is -2.12. The second kappa shape index (κ2) is 13.0. The predicted octanol–water partition coefficient (Wildman–Crippen LogP) is 7.46. The van der Waals surface area contributed by atoms with Gasteiger partial charge in [0, 0.05) is 0 Å². The van der Waals surface area contributed by atoms with Gasteiger partial charge in [-0.15, -0.1) is 0 Å². The Labute approximate surface area is 212 Å². The minimum absolute atomic E-state index is 0.124. The molecule has 0 unspecified atom stereocenters. The van der Waals surface area contributed by atoms with E-state index in [-0.39, 0.29) is 24.1 Å². The zero-order chi connectivity index (χ0) is 25.9. The van der Waals surface area contributed by atoms with Gasteiger partial charge in [-0.25, -0.2) is 4.79 Å². The van der Waals surface area contributed by atoms with E-state index >= 15 is 0 Å². The van der Waals surface area contributed by atoms with Gasteiger partial charge in [0.2, 0.25) is 0 Å². The Hall–Kier alpha value is -4.25. The average molecular weight is 485 g/mol. The first-order valence-electron chi connectivity index (χ1n) is 12.1. The van der Waals surface area contributed by atoms with Gasteiger partial charge < -0.3 is 19.7 Å². The van der Waals surface area contributed by atoms with E-state index in [1.807, 2.05) is 69.3 Å². The van der Waals surface area contributed by atoms with Gasteiger partial charge >= 0.3 is 5.97 Å². The van der Waals surface area contributed by atoms with Crippen LogP contribution in [0.2, 0.25) is 0 Å². The summed E-state index contributed by atoms with van der Waals surface area (Å²) < 4.78 is 10.6. The maximum absolute atomic E-state index is 11.7. The number of carbonyl (C=O) groups excluding carboxylic acids is 1. The Morgan fingerprint density at radius 1 is 0.639 bits per heavy atom. The highest BCUT2D eigenvalue weighted by molar-refractivity contribution is 5.81. The van der Waals surface area contributed by atoms with Gasteiger partial charge in [0.05, 0.1) is 6.61 Å². The summed E-state index contributed by atoms with van der Waals surface area (Å²) in [6.45, 7) is 6.21. The summed E-state index contributed by atoms with van der Waals surface area (Å²) in [5.74, 6) is 0.636. The molecule has 0 aliphatic heterocycles. The topological polar surface area (TPSA) is 76.0 Å². The van der Waals surface area contributed by atoms with Gasteiger partial charge in [0.25, 0.3) is 0 Å². The van der Waals surface area contributed by atoms with Crippen LogP contribution in [0, 0.1) is 0 Å². The summed E-state index contributed by atoms with van der Waals surface area (Å²) in [5, 5.41) is 19.4. The summed E-state index contributed by atoms with van der Waals surface area (Å²) in [4.78, 5) is 11.7. The second-order valence-corrected chi connectivity index (χ2v) is 7.93. The number of hydrogen-bond acceptors (Lipinski definition) is 5. The van der Waals surface area contributed by atoms with Crippen molar-refractivity contribution in [2.24, 2.45) is 0 Å². The fraction of sp³-hybridized carbons (Fsp3) is 0.194. The Bertz CT molecular complexity index is 1180. The molecule has 0 saturated carbocycles. The summed E-state index contributed by atoms with van der Waals surface area (Å²) in [5.41, 5.74) is 5.94. The molecule has 0 amide bonds. The van der Waals surface area contributed by atoms with Crippen molar-refractivity contribution in [2.75, 3.05) is 13.2 Å². The number of benzene rings is 4. The molecule has 36 heavy (non-hydrogen) atoms. The summed E-state index contributed by atoms with van der Waals surface area (Å²) in [7, 11) is 0. The molecular formula is C31H32O5. The minimum atomic E-state index is -0.383. The molecule has 0 atom stereocenters. The van der Waals surface area contributed by atoms with E-state index in [9.17, 15) is 15.0 Å². The molecule has 4 aromatic rings. The standard InChI is InChI=1S/C29H26O5.C2H6/c1-2-15-33-29(32)19-34-28-13-7-22(8-14-28)25-17-23(20-3-9-26(30)10-4-20)16-24(18-25)21-5-11-27(31)12-6-21;1-2/h3-14,16-18,30-31H,2,15,19H2,1H3;1-2H3. The number of rotatable bonds is 8. The molecule has 186 valence electrons. The Kier molecular flexibility index (Phi) is 9.52. The van der Waals surface area contributed by atoms with Crippen LogP contribution in [-0.4, -0.2) is 29.4 Å². The third-order valence-electron chi connectivity index (χ3n) is 5.35. The highest BCUT2D eigenvalue weighted by Gasteiger charge is 2.09. The molecular weight excluding hydrogens is 452 g/mol. The molecule has 4 aromatic carbocycles. The van der Waals surface area contributed by atoms with Crippen molar-refractivity contribution in [3.8, 4) is 50.6 Å². The van der Waals surface area contributed by atoms with Crippen LogP contribution in [0.15, 0.2) is 91.0 Å². The first kappa shape index (κ1) is 26.4. The highest BCUT2D eigenvalue weighted by Crippen LogP contribution is 2.34. The lowest BCUT2D eigenvalue weighted by atomic mass is 9.93. The van der Waals surface area contributed by atoms with Gasteiger partial charge in [0.15, 0.2) is 6.61 Å². The molecule has 0 aromatic heterocycles. The number of ether oxygens (including phenoxy) is 2. The number of carbonyl (C=O) groups is 1. The van der Waals surface area contributed by atoms with E-state index < -0.39 is 0 Å². The van der Waals surface area contributed by atoms with Crippen molar-refractivity contribution in [2.45, 2.75) is 27.2 Å². The zero-order valence-corrected chi connectivity index (χ0v) is 20.9. The van der Waals surface area contributed by atoms with Crippen LogP contribution in [0.5, 0.6) is 17.2 Å². The maximum Gasteiger partial charge on any atom is 0.344 e. The number of esters is 1. The predicted molar refractivity (Wildman–Crippen MR) is 144 cm³/mol. The number of aromatic hydroxyl groups is 2. The molecule has 5 heteroatoms. The summed E-state index contributed by atoms with van der Waals surface area (Å²) >= 11 is 0. The molecule has 0 saturated heterocycles. The van der Waals surface area contributed by atoms with Gasteiger partial charge in [-0.2, -0.15) is 0 Å². The maximum atomic E-state index is 11.7. The van der Waals surface area contributed by atoms with Crippen molar-refractivity contribution < 1.29 is 24.5 Å².